The fourth-order valence-corrected chi connectivity index (χ4v) is 2.15. The zero-order valence-corrected chi connectivity index (χ0v) is 10.4. The van der Waals surface area contributed by atoms with E-state index in [4.69, 9.17) is 0 Å². The topological polar surface area (TPSA) is 0 Å². The zero-order chi connectivity index (χ0) is 11.1. The third kappa shape index (κ3) is 4.07. The molecule has 0 heteroatoms. The Bertz CT molecular complexity index is 250. The summed E-state index contributed by atoms with van der Waals surface area (Å²) in [5.41, 5.74) is 1.53. The van der Waals surface area contributed by atoms with Crippen molar-refractivity contribution < 1.29 is 0 Å². The second-order valence-corrected chi connectivity index (χ2v) is 4.65. The van der Waals surface area contributed by atoms with E-state index in [0.717, 1.165) is 11.8 Å². The van der Waals surface area contributed by atoms with Crippen molar-refractivity contribution in [1.82, 2.24) is 0 Å². The summed E-state index contributed by atoms with van der Waals surface area (Å²) >= 11 is 0. The minimum atomic E-state index is 0.770. The second kappa shape index (κ2) is 6.66. The molecule has 1 aromatic rings. The van der Waals surface area contributed by atoms with Crippen molar-refractivity contribution >= 4 is 0 Å². The Morgan fingerprint density at radius 3 is 2.27 bits per heavy atom. The Hall–Kier alpha value is -0.780. The molecular weight excluding hydrogens is 180 g/mol. The molecule has 0 radical (unpaired) electrons. The van der Waals surface area contributed by atoms with E-state index in [1.807, 2.05) is 0 Å². The SMILES string of the molecule is CCCC(CC(C)CC)c1ccccc1. The van der Waals surface area contributed by atoms with Crippen molar-refractivity contribution in [1.29, 1.82) is 0 Å². The van der Waals surface area contributed by atoms with E-state index >= 15 is 0 Å². The van der Waals surface area contributed by atoms with Crippen molar-refractivity contribution in [3.05, 3.63) is 35.9 Å². The molecule has 0 saturated heterocycles. The van der Waals surface area contributed by atoms with Gasteiger partial charge in [0.1, 0.15) is 0 Å². The van der Waals surface area contributed by atoms with E-state index in [1.165, 1.54) is 31.2 Å². The Morgan fingerprint density at radius 2 is 1.73 bits per heavy atom. The van der Waals surface area contributed by atoms with Crippen LogP contribution in [0.4, 0.5) is 0 Å². The highest BCUT2D eigenvalue weighted by atomic mass is 14.2. The Kier molecular flexibility index (Phi) is 5.45. The highest BCUT2D eigenvalue weighted by Crippen LogP contribution is 2.29. The fourth-order valence-electron chi connectivity index (χ4n) is 2.15. The summed E-state index contributed by atoms with van der Waals surface area (Å²) in [6, 6.07) is 11.0. The zero-order valence-electron chi connectivity index (χ0n) is 10.4. The van der Waals surface area contributed by atoms with Crippen LogP contribution < -0.4 is 0 Å². The van der Waals surface area contributed by atoms with Crippen molar-refractivity contribution in [3.8, 4) is 0 Å². The van der Waals surface area contributed by atoms with Gasteiger partial charge in [-0.25, -0.2) is 0 Å². The van der Waals surface area contributed by atoms with E-state index < -0.39 is 0 Å². The molecule has 0 amide bonds. The van der Waals surface area contributed by atoms with Gasteiger partial charge in [0.05, 0.1) is 0 Å². The summed E-state index contributed by atoms with van der Waals surface area (Å²) in [6.07, 6.45) is 5.26. The van der Waals surface area contributed by atoms with Crippen LogP contribution in [-0.4, -0.2) is 0 Å². The molecule has 0 nitrogen and oxygen atoms in total. The minimum Gasteiger partial charge on any atom is -0.0654 e. The molecule has 0 aromatic heterocycles. The largest absolute Gasteiger partial charge is 0.0654 e. The molecular formula is C15H24. The summed E-state index contributed by atoms with van der Waals surface area (Å²) in [7, 11) is 0. The van der Waals surface area contributed by atoms with E-state index in [-0.39, 0.29) is 0 Å². The van der Waals surface area contributed by atoms with Gasteiger partial charge in [-0.15, -0.1) is 0 Å². The molecule has 15 heavy (non-hydrogen) atoms. The molecule has 2 atom stereocenters. The summed E-state index contributed by atoms with van der Waals surface area (Å²) < 4.78 is 0. The van der Waals surface area contributed by atoms with Gasteiger partial charge in [0, 0.05) is 0 Å². The van der Waals surface area contributed by atoms with Crippen molar-refractivity contribution in [3.63, 3.8) is 0 Å². The van der Waals surface area contributed by atoms with Gasteiger partial charge in [-0.05, 0) is 30.2 Å². The summed E-state index contributed by atoms with van der Waals surface area (Å²) in [5.74, 6) is 1.62. The molecule has 0 heterocycles. The predicted molar refractivity (Wildman–Crippen MR) is 68.2 cm³/mol. The van der Waals surface area contributed by atoms with E-state index in [1.54, 1.807) is 0 Å². The van der Waals surface area contributed by atoms with Crippen molar-refractivity contribution in [2.75, 3.05) is 0 Å². The van der Waals surface area contributed by atoms with Gasteiger partial charge in [-0.2, -0.15) is 0 Å². The number of hydrogen-bond donors (Lipinski definition) is 0. The molecule has 84 valence electrons. The van der Waals surface area contributed by atoms with Crippen LogP contribution in [0.25, 0.3) is 0 Å². The predicted octanol–water partition coefficient (Wildman–Crippen LogP) is 5.01. The summed E-state index contributed by atoms with van der Waals surface area (Å²) in [4.78, 5) is 0. The number of rotatable bonds is 6. The lowest BCUT2D eigenvalue weighted by atomic mass is 9.85. The average molecular weight is 204 g/mol. The molecule has 0 fully saturated rings. The maximum atomic E-state index is 2.37. The minimum absolute atomic E-state index is 0.770. The molecule has 0 aliphatic carbocycles. The maximum Gasteiger partial charge on any atom is -0.0160 e. The van der Waals surface area contributed by atoms with E-state index in [0.29, 0.717) is 0 Å². The van der Waals surface area contributed by atoms with Gasteiger partial charge >= 0.3 is 0 Å². The summed E-state index contributed by atoms with van der Waals surface area (Å²) in [6.45, 7) is 6.94. The number of hydrogen-bond acceptors (Lipinski definition) is 0. The Balaban J connectivity index is 2.65. The molecule has 1 rings (SSSR count). The third-order valence-electron chi connectivity index (χ3n) is 3.29. The first kappa shape index (κ1) is 12.3. The van der Waals surface area contributed by atoms with Gasteiger partial charge in [-0.1, -0.05) is 63.9 Å². The highest BCUT2D eigenvalue weighted by molar-refractivity contribution is 5.19. The van der Waals surface area contributed by atoms with Crippen LogP contribution in [0.15, 0.2) is 30.3 Å². The van der Waals surface area contributed by atoms with Gasteiger partial charge < -0.3 is 0 Å². The van der Waals surface area contributed by atoms with E-state index in [9.17, 15) is 0 Å². The monoisotopic (exact) mass is 204 g/mol. The first-order valence-corrected chi connectivity index (χ1v) is 6.32. The standard InChI is InChI=1S/C15H24/c1-4-9-15(12-13(3)5-2)14-10-7-6-8-11-14/h6-8,10-11,13,15H,4-5,9,12H2,1-3H3. The fraction of sp³-hybridized carbons (Fsp3) is 0.600. The average Bonchev–Trinajstić information content (AvgIpc) is 2.29. The quantitative estimate of drug-likeness (QED) is 0.611. The van der Waals surface area contributed by atoms with Gasteiger partial charge in [0.25, 0.3) is 0 Å². The molecule has 0 aliphatic rings. The maximum absolute atomic E-state index is 2.37. The van der Waals surface area contributed by atoms with Crippen LogP contribution in [0.1, 0.15) is 57.9 Å². The van der Waals surface area contributed by atoms with Crippen molar-refractivity contribution in [2.45, 2.75) is 52.4 Å². The highest BCUT2D eigenvalue weighted by Gasteiger charge is 2.13. The molecule has 2 unspecified atom stereocenters. The van der Waals surface area contributed by atoms with Gasteiger partial charge in [0.2, 0.25) is 0 Å². The van der Waals surface area contributed by atoms with Crippen LogP contribution in [0.5, 0.6) is 0 Å². The lowest BCUT2D eigenvalue weighted by Crippen LogP contribution is -2.04. The van der Waals surface area contributed by atoms with Crippen LogP contribution in [-0.2, 0) is 0 Å². The first-order chi connectivity index (χ1) is 7.27. The third-order valence-corrected chi connectivity index (χ3v) is 3.29. The smallest absolute Gasteiger partial charge is 0.0160 e. The van der Waals surface area contributed by atoms with Crippen molar-refractivity contribution in [2.24, 2.45) is 5.92 Å². The lowest BCUT2D eigenvalue weighted by Gasteiger charge is -2.20. The van der Waals surface area contributed by atoms with Gasteiger partial charge in [-0.3, -0.25) is 0 Å². The lowest BCUT2D eigenvalue weighted by molar-refractivity contribution is 0.435. The van der Waals surface area contributed by atoms with Crippen LogP contribution in [0.2, 0.25) is 0 Å². The molecule has 1 aromatic carbocycles. The molecule has 0 spiro atoms. The van der Waals surface area contributed by atoms with Crippen LogP contribution >= 0.6 is 0 Å². The molecule has 0 bridgehead atoms. The Morgan fingerprint density at radius 1 is 1.07 bits per heavy atom. The molecule has 0 aliphatic heterocycles. The second-order valence-electron chi connectivity index (χ2n) is 4.65. The van der Waals surface area contributed by atoms with E-state index in [2.05, 4.69) is 51.1 Å². The normalized spacial score (nSPS) is 14.9. The van der Waals surface area contributed by atoms with Crippen LogP contribution in [0, 0.1) is 5.92 Å². The Labute approximate surface area is 94.7 Å². The van der Waals surface area contributed by atoms with Gasteiger partial charge in [0.15, 0.2) is 0 Å². The molecule has 0 N–H and O–H groups in total. The number of benzene rings is 1. The molecule has 0 saturated carbocycles. The first-order valence-electron chi connectivity index (χ1n) is 6.32. The van der Waals surface area contributed by atoms with Crippen LogP contribution in [0.3, 0.4) is 0 Å². The summed E-state index contributed by atoms with van der Waals surface area (Å²) in [5, 5.41) is 0.